The number of rotatable bonds is 2. The first-order valence-corrected chi connectivity index (χ1v) is 7.84. The Balaban J connectivity index is 2.15. The summed E-state index contributed by atoms with van der Waals surface area (Å²) in [6.07, 6.45) is 0. The molecular weight excluding hydrogens is 323 g/mol. The van der Waals surface area contributed by atoms with Gasteiger partial charge in [-0.25, -0.2) is 0 Å². The molecule has 0 saturated heterocycles. The van der Waals surface area contributed by atoms with Crippen molar-refractivity contribution in [1.29, 1.82) is 0 Å². The highest BCUT2D eigenvalue weighted by Gasteiger charge is 2.15. The van der Waals surface area contributed by atoms with Crippen LogP contribution in [0.4, 0.5) is 0 Å². The summed E-state index contributed by atoms with van der Waals surface area (Å²) in [5.74, 6) is 0. The standard InChI is InChI=1S/C18H13Cl3/c1-11-10-12(6-8-16(11)19)18(21)15-7-9-17(20)14-5-3-2-4-13(14)15/h2-10,18H,1H3. The van der Waals surface area contributed by atoms with Gasteiger partial charge in [-0.2, -0.15) is 0 Å². The molecule has 0 aliphatic heterocycles. The Morgan fingerprint density at radius 1 is 0.810 bits per heavy atom. The minimum atomic E-state index is -0.233. The zero-order valence-corrected chi connectivity index (χ0v) is 13.7. The molecule has 0 bridgehead atoms. The molecule has 3 rings (SSSR count). The zero-order valence-electron chi connectivity index (χ0n) is 11.4. The van der Waals surface area contributed by atoms with Crippen LogP contribution >= 0.6 is 34.8 Å². The largest absolute Gasteiger partial charge is 0.113 e. The Labute approximate surface area is 139 Å². The van der Waals surface area contributed by atoms with Crippen molar-refractivity contribution in [2.45, 2.75) is 12.3 Å². The van der Waals surface area contributed by atoms with Crippen LogP contribution in [-0.2, 0) is 0 Å². The molecule has 1 atom stereocenters. The maximum atomic E-state index is 6.70. The van der Waals surface area contributed by atoms with E-state index in [9.17, 15) is 0 Å². The van der Waals surface area contributed by atoms with Crippen LogP contribution in [0.1, 0.15) is 22.1 Å². The van der Waals surface area contributed by atoms with Crippen molar-refractivity contribution in [2.24, 2.45) is 0 Å². The van der Waals surface area contributed by atoms with Crippen LogP contribution in [0.15, 0.2) is 54.6 Å². The number of hydrogen-bond acceptors (Lipinski definition) is 0. The number of hydrogen-bond donors (Lipinski definition) is 0. The number of halogens is 3. The first-order chi connectivity index (χ1) is 10.1. The molecule has 0 aliphatic rings. The molecule has 0 N–H and O–H groups in total. The van der Waals surface area contributed by atoms with Crippen LogP contribution < -0.4 is 0 Å². The van der Waals surface area contributed by atoms with Crippen LogP contribution in [0.25, 0.3) is 10.8 Å². The number of aryl methyl sites for hydroxylation is 1. The van der Waals surface area contributed by atoms with Gasteiger partial charge in [0.15, 0.2) is 0 Å². The molecule has 0 amide bonds. The minimum Gasteiger partial charge on any atom is -0.113 e. The molecule has 21 heavy (non-hydrogen) atoms. The molecule has 0 saturated carbocycles. The molecule has 0 aromatic heterocycles. The normalized spacial score (nSPS) is 12.6. The Morgan fingerprint density at radius 3 is 2.19 bits per heavy atom. The van der Waals surface area contributed by atoms with Gasteiger partial charge in [0.2, 0.25) is 0 Å². The van der Waals surface area contributed by atoms with Gasteiger partial charge in [-0.3, -0.25) is 0 Å². The van der Waals surface area contributed by atoms with E-state index in [1.807, 2.05) is 55.5 Å². The van der Waals surface area contributed by atoms with E-state index in [2.05, 4.69) is 6.07 Å². The van der Waals surface area contributed by atoms with Crippen LogP contribution in [-0.4, -0.2) is 0 Å². The van der Waals surface area contributed by atoms with E-state index < -0.39 is 0 Å². The van der Waals surface area contributed by atoms with Gasteiger partial charge in [0.25, 0.3) is 0 Å². The molecule has 0 radical (unpaired) electrons. The van der Waals surface area contributed by atoms with Crippen molar-refractivity contribution in [3.05, 3.63) is 81.3 Å². The lowest BCUT2D eigenvalue weighted by atomic mass is 9.97. The molecular formula is C18H13Cl3. The SMILES string of the molecule is Cc1cc(C(Cl)c2ccc(Cl)c3ccccc23)ccc1Cl. The summed E-state index contributed by atoms with van der Waals surface area (Å²) in [4.78, 5) is 0. The van der Waals surface area contributed by atoms with Crippen molar-refractivity contribution in [2.75, 3.05) is 0 Å². The van der Waals surface area contributed by atoms with Gasteiger partial charge < -0.3 is 0 Å². The van der Waals surface area contributed by atoms with E-state index >= 15 is 0 Å². The third kappa shape index (κ3) is 2.76. The topological polar surface area (TPSA) is 0 Å². The van der Waals surface area contributed by atoms with Gasteiger partial charge in [-0.05, 0) is 41.1 Å². The molecule has 3 aromatic carbocycles. The molecule has 0 spiro atoms. The van der Waals surface area contributed by atoms with E-state index in [1.165, 1.54) is 0 Å². The Bertz CT molecular complexity index is 809. The molecule has 0 nitrogen and oxygen atoms in total. The van der Waals surface area contributed by atoms with Gasteiger partial charge >= 0.3 is 0 Å². The van der Waals surface area contributed by atoms with Crippen molar-refractivity contribution < 1.29 is 0 Å². The highest BCUT2D eigenvalue weighted by Crippen LogP contribution is 2.37. The van der Waals surface area contributed by atoms with Crippen molar-refractivity contribution in [3.63, 3.8) is 0 Å². The predicted molar refractivity (Wildman–Crippen MR) is 92.8 cm³/mol. The Kier molecular flexibility index (Phi) is 4.12. The van der Waals surface area contributed by atoms with E-state index in [0.717, 1.165) is 37.5 Å². The van der Waals surface area contributed by atoms with Crippen LogP contribution in [0.5, 0.6) is 0 Å². The summed E-state index contributed by atoms with van der Waals surface area (Å²) in [5, 5.41) is 3.36. The smallest absolute Gasteiger partial charge is 0.0841 e. The van der Waals surface area contributed by atoms with Crippen molar-refractivity contribution in [3.8, 4) is 0 Å². The summed E-state index contributed by atoms with van der Waals surface area (Å²) in [5.41, 5.74) is 3.11. The first kappa shape index (κ1) is 14.7. The van der Waals surface area contributed by atoms with Gasteiger partial charge in [0, 0.05) is 15.4 Å². The summed E-state index contributed by atoms with van der Waals surface area (Å²) in [6.45, 7) is 1.98. The quantitative estimate of drug-likeness (QED) is 0.453. The fraction of sp³-hybridized carbons (Fsp3) is 0.111. The van der Waals surface area contributed by atoms with E-state index in [0.29, 0.717) is 0 Å². The third-order valence-corrected chi connectivity index (χ3v) is 4.89. The second-order valence-corrected chi connectivity index (χ2v) is 6.30. The average molecular weight is 336 g/mol. The molecule has 0 fully saturated rings. The number of fused-ring (bicyclic) bond motifs is 1. The van der Waals surface area contributed by atoms with Gasteiger partial charge in [-0.1, -0.05) is 65.7 Å². The number of alkyl halides is 1. The van der Waals surface area contributed by atoms with E-state index in [4.69, 9.17) is 34.8 Å². The van der Waals surface area contributed by atoms with Gasteiger partial charge in [0.1, 0.15) is 0 Å². The summed E-state index contributed by atoms with van der Waals surface area (Å²) in [6, 6.07) is 17.8. The maximum Gasteiger partial charge on any atom is 0.0841 e. The summed E-state index contributed by atoms with van der Waals surface area (Å²) >= 11 is 19.1. The van der Waals surface area contributed by atoms with Crippen LogP contribution in [0.2, 0.25) is 10.0 Å². The minimum absolute atomic E-state index is 0.233. The maximum absolute atomic E-state index is 6.70. The second kappa shape index (κ2) is 5.88. The Hall–Kier alpha value is -1.21. The van der Waals surface area contributed by atoms with Crippen LogP contribution in [0, 0.1) is 6.92 Å². The summed E-state index contributed by atoms with van der Waals surface area (Å²) in [7, 11) is 0. The fourth-order valence-corrected chi connectivity index (χ4v) is 3.18. The molecule has 0 aliphatic carbocycles. The lowest BCUT2D eigenvalue weighted by molar-refractivity contribution is 1.15. The molecule has 1 unspecified atom stereocenters. The van der Waals surface area contributed by atoms with E-state index in [1.54, 1.807) is 0 Å². The lowest BCUT2D eigenvalue weighted by Crippen LogP contribution is -1.96. The summed E-state index contributed by atoms with van der Waals surface area (Å²) < 4.78 is 0. The van der Waals surface area contributed by atoms with Gasteiger partial charge in [-0.15, -0.1) is 11.6 Å². The highest BCUT2D eigenvalue weighted by molar-refractivity contribution is 6.36. The lowest BCUT2D eigenvalue weighted by Gasteiger charge is -2.15. The Morgan fingerprint density at radius 2 is 1.48 bits per heavy atom. The van der Waals surface area contributed by atoms with Crippen molar-refractivity contribution >= 4 is 45.6 Å². The average Bonchev–Trinajstić information content (AvgIpc) is 2.50. The first-order valence-electron chi connectivity index (χ1n) is 6.65. The van der Waals surface area contributed by atoms with Crippen LogP contribution in [0.3, 0.4) is 0 Å². The molecule has 0 heterocycles. The molecule has 106 valence electrons. The predicted octanol–water partition coefficient (Wildman–Crippen LogP) is 6.78. The number of benzene rings is 3. The monoisotopic (exact) mass is 334 g/mol. The van der Waals surface area contributed by atoms with Gasteiger partial charge in [0.05, 0.1) is 5.38 Å². The zero-order chi connectivity index (χ0) is 15.0. The van der Waals surface area contributed by atoms with Crippen molar-refractivity contribution in [1.82, 2.24) is 0 Å². The molecule has 3 heteroatoms. The molecule has 3 aromatic rings. The second-order valence-electron chi connectivity index (χ2n) is 5.05. The van der Waals surface area contributed by atoms with E-state index in [-0.39, 0.29) is 5.38 Å². The fourth-order valence-electron chi connectivity index (χ4n) is 2.51. The third-order valence-electron chi connectivity index (χ3n) is 3.65. The highest BCUT2D eigenvalue weighted by atomic mass is 35.5.